The second-order valence-electron chi connectivity index (χ2n) is 6.20. The summed E-state index contributed by atoms with van der Waals surface area (Å²) in [6.45, 7) is 9.42. The third-order valence-corrected chi connectivity index (χ3v) is 4.99. The van der Waals surface area contributed by atoms with Gasteiger partial charge in [0.2, 0.25) is 4.77 Å². The van der Waals surface area contributed by atoms with Crippen molar-refractivity contribution in [1.29, 1.82) is 0 Å². The summed E-state index contributed by atoms with van der Waals surface area (Å²) in [5.41, 5.74) is 3.69. The molecule has 1 aromatic heterocycles. The first-order chi connectivity index (χ1) is 10.6. The van der Waals surface area contributed by atoms with Crippen molar-refractivity contribution in [3.05, 3.63) is 39.9 Å². The number of piperidine rings is 1. The van der Waals surface area contributed by atoms with Crippen LogP contribution in [0.3, 0.4) is 0 Å². The van der Waals surface area contributed by atoms with E-state index in [9.17, 15) is 0 Å². The van der Waals surface area contributed by atoms with Crippen molar-refractivity contribution in [2.24, 2.45) is 0 Å². The predicted octanol–water partition coefficient (Wildman–Crippen LogP) is 3.77. The topological polar surface area (TPSA) is 26.0 Å². The molecule has 0 radical (unpaired) electrons. The Balaban J connectivity index is 1.96. The van der Waals surface area contributed by atoms with Gasteiger partial charge in [-0.05, 0) is 76.1 Å². The van der Waals surface area contributed by atoms with Crippen molar-refractivity contribution in [1.82, 2.24) is 19.2 Å². The number of aryl methyl sites for hydroxylation is 2. The first kappa shape index (κ1) is 15.4. The van der Waals surface area contributed by atoms with Gasteiger partial charge in [0.1, 0.15) is 5.82 Å². The van der Waals surface area contributed by atoms with Gasteiger partial charge >= 0.3 is 0 Å². The Morgan fingerprint density at radius 2 is 1.82 bits per heavy atom. The van der Waals surface area contributed by atoms with Gasteiger partial charge in [-0.1, -0.05) is 18.6 Å². The zero-order chi connectivity index (χ0) is 15.7. The second-order valence-corrected chi connectivity index (χ2v) is 6.57. The molecule has 0 amide bonds. The van der Waals surface area contributed by atoms with E-state index in [1.165, 1.54) is 30.4 Å². The van der Waals surface area contributed by atoms with Gasteiger partial charge < -0.3 is 0 Å². The molecule has 0 unspecified atom stereocenters. The summed E-state index contributed by atoms with van der Waals surface area (Å²) in [4.78, 5) is 2.44. The minimum Gasteiger partial charge on any atom is -0.284 e. The number of hydrogen-bond acceptors (Lipinski definition) is 3. The van der Waals surface area contributed by atoms with Crippen LogP contribution in [0.2, 0.25) is 0 Å². The minimum absolute atomic E-state index is 0.789. The van der Waals surface area contributed by atoms with Crippen molar-refractivity contribution < 1.29 is 0 Å². The first-order valence-electron chi connectivity index (χ1n) is 8.03. The molecule has 0 saturated carbocycles. The van der Waals surface area contributed by atoms with Crippen LogP contribution in [0.1, 0.15) is 36.2 Å². The fourth-order valence-corrected chi connectivity index (χ4v) is 3.48. The van der Waals surface area contributed by atoms with Crippen LogP contribution in [0.25, 0.3) is 5.69 Å². The van der Waals surface area contributed by atoms with E-state index >= 15 is 0 Å². The maximum absolute atomic E-state index is 5.70. The molecule has 118 valence electrons. The van der Waals surface area contributed by atoms with E-state index < -0.39 is 0 Å². The maximum Gasteiger partial charge on any atom is 0.203 e. The third-order valence-electron chi connectivity index (χ3n) is 4.60. The van der Waals surface area contributed by atoms with Crippen molar-refractivity contribution in [3.8, 4) is 5.69 Å². The van der Waals surface area contributed by atoms with Gasteiger partial charge in [-0.2, -0.15) is 5.10 Å². The Morgan fingerprint density at radius 1 is 1.09 bits per heavy atom. The monoisotopic (exact) mass is 316 g/mol. The molecule has 0 bridgehead atoms. The van der Waals surface area contributed by atoms with E-state index in [0.717, 1.165) is 36.0 Å². The van der Waals surface area contributed by atoms with Gasteiger partial charge in [-0.3, -0.25) is 9.47 Å². The minimum atomic E-state index is 0.789. The number of benzene rings is 1. The molecular formula is C17H24N4S. The van der Waals surface area contributed by atoms with Crippen molar-refractivity contribution in [3.63, 3.8) is 0 Å². The van der Waals surface area contributed by atoms with Gasteiger partial charge in [0.05, 0.1) is 12.4 Å². The smallest absolute Gasteiger partial charge is 0.203 e. The fourth-order valence-electron chi connectivity index (χ4n) is 3.15. The van der Waals surface area contributed by atoms with Gasteiger partial charge in [-0.15, -0.1) is 0 Å². The summed E-state index contributed by atoms with van der Waals surface area (Å²) in [7, 11) is 0. The molecule has 0 aliphatic carbocycles. The summed E-state index contributed by atoms with van der Waals surface area (Å²) in [6.07, 6.45) is 3.91. The van der Waals surface area contributed by atoms with Crippen LogP contribution in [0.5, 0.6) is 0 Å². The van der Waals surface area contributed by atoms with Gasteiger partial charge in [0, 0.05) is 0 Å². The second kappa shape index (κ2) is 6.34. The lowest BCUT2D eigenvalue weighted by molar-refractivity contribution is 0.172. The highest BCUT2D eigenvalue weighted by Crippen LogP contribution is 2.20. The number of aromatic nitrogens is 3. The van der Waals surface area contributed by atoms with Crippen molar-refractivity contribution in [2.45, 2.75) is 46.7 Å². The lowest BCUT2D eigenvalue weighted by Crippen LogP contribution is -2.32. The Hall–Kier alpha value is -1.46. The highest BCUT2D eigenvalue weighted by atomic mass is 32.1. The number of rotatable bonds is 3. The van der Waals surface area contributed by atoms with Crippen LogP contribution < -0.4 is 0 Å². The van der Waals surface area contributed by atoms with Gasteiger partial charge in [0.25, 0.3) is 0 Å². The van der Waals surface area contributed by atoms with E-state index in [1.54, 1.807) is 0 Å². The fraction of sp³-hybridized carbons (Fsp3) is 0.529. The van der Waals surface area contributed by atoms with Crippen LogP contribution in [-0.4, -0.2) is 32.3 Å². The van der Waals surface area contributed by atoms with Crippen molar-refractivity contribution >= 4 is 12.2 Å². The van der Waals surface area contributed by atoms with E-state index in [-0.39, 0.29) is 0 Å². The molecule has 4 nitrogen and oxygen atoms in total. The molecule has 0 N–H and O–H groups in total. The molecule has 5 heteroatoms. The van der Waals surface area contributed by atoms with Crippen molar-refractivity contribution in [2.75, 3.05) is 13.1 Å². The third kappa shape index (κ3) is 2.88. The van der Waals surface area contributed by atoms with Crippen LogP contribution >= 0.6 is 12.2 Å². The van der Waals surface area contributed by atoms with Crippen LogP contribution in [-0.2, 0) is 6.67 Å². The Morgan fingerprint density at radius 3 is 2.55 bits per heavy atom. The standard InChI is InChI=1S/C17H24N4S/c1-13-8-7-9-16(14(13)2)21-15(3)18-20(17(21)22)12-19-10-5-4-6-11-19/h7-9H,4-6,10-12H2,1-3H3. The predicted molar refractivity (Wildman–Crippen MR) is 92.0 cm³/mol. The summed E-state index contributed by atoms with van der Waals surface area (Å²) >= 11 is 5.70. The molecule has 0 atom stereocenters. The van der Waals surface area contributed by atoms with E-state index in [2.05, 4.69) is 46.6 Å². The molecule has 1 aliphatic heterocycles. The zero-order valence-corrected chi connectivity index (χ0v) is 14.5. The van der Waals surface area contributed by atoms with Crippen LogP contribution in [0, 0.1) is 25.5 Å². The number of hydrogen-bond donors (Lipinski definition) is 0. The van der Waals surface area contributed by atoms with E-state index in [1.807, 2.05) is 11.6 Å². The van der Waals surface area contributed by atoms with Gasteiger partial charge in [0.15, 0.2) is 0 Å². The highest BCUT2D eigenvalue weighted by Gasteiger charge is 2.15. The Kier molecular flexibility index (Phi) is 4.45. The number of nitrogens with zero attached hydrogens (tertiary/aromatic N) is 4. The lowest BCUT2D eigenvalue weighted by Gasteiger charge is -2.25. The molecule has 1 saturated heterocycles. The molecule has 1 aromatic carbocycles. The van der Waals surface area contributed by atoms with Crippen LogP contribution in [0.4, 0.5) is 0 Å². The quantitative estimate of drug-likeness (QED) is 0.806. The Labute approximate surface area is 137 Å². The summed E-state index contributed by atoms with van der Waals surface area (Å²) in [5.74, 6) is 0.954. The number of likely N-dealkylation sites (tertiary alicyclic amines) is 1. The summed E-state index contributed by atoms with van der Waals surface area (Å²) < 4.78 is 4.86. The molecule has 3 rings (SSSR count). The first-order valence-corrected chi connectivity index (χ1v) is 8.44. The highest BCUT2D eigenvalue weighted by molar-refractivity contribution is 7.71. The molecule has 1 aliphatic rings. The molecule has 2 heterocycles. The normalized spacial score (nSPS) is 16.1. The average molecular weight is 316 g/mol. The maximum atomic E-state index is 5.70. The average Bonchev–Trinajstić information content (AvgIpc) is 2.78. The van der Waals surface area contributed by atoms with E-state index in [0.29, 0.717) is 0 Å². The van der Waals surface area contributed by atoms with Gasteiger partial charge in [-0.25, -0.2) is 4.68 Å². The van der Waals surface area contributed by atoms with E-state index in [4.69, 9.17) is 12.2 Å². The molecule has 1 fully saturated rings. The largest absolute Gasteiger partial charge is 0.284 e. The summed E-state index contributed by atoms with van der Waals surface area (Å²) in [5, 5.41) is 4.69. The molecule has 2 aromatic rings. The molecule has 0 spiro atoms. The zero-order valence-electron chi connectivity index (χ0n) is 13.7. The molecule has 22 heavy (non-hydrogen) atoms. The lowest BCUT2D eigenvalue weighted by atomic mass is 10.1. The Bertz CT molecular complexity index is 723. The summed E-state index contributed by atoms with van der Waals surface area (Å²) in [6, 6.07) is 6.34. The molecular weight excluding hydrogens is 292 g/mol. The SMILES string of the molecule is Cc1cccc(-n2c(C)nn(CN3CCCCC3)c2=S)c1C. The van der Waals surface area contributed by atoms with Crippen LogP contribution in [0.15, 0.2) is 18.2 Å².